The van der Waals surface area contributed by atoms with Crippen LogP contribution in [0.4, 0.5) is 14.9 Å². The molecule has 2 saturated heterocycles. The summed E-state index contributed by atoms with van der Waals surface area (Å²) in [6.45, 7) is 1.55. The van der Waals surface area contributed by atoms with Crippen molar-refractivity contribution in [3.63, 3.8) is 0 Å². The average Bonchev–Trinajstić information content (AvgIpc) is 3.39. The van der Waals surface area contributed by atoms with Gasteiger partial charge >= 0.3 is 6.09 Å². The third kappa shape index (κ3) is 3.04. The maximum Gasteiger partial charge on any atom is 0.418 e. The number of nitrogens with zero attached hydrogens (tertiary/aromatic N) is 2. The highest BCUT2D eigenvalue weighted by molar-refractivity contribution is 6.06. The SMILES string of the molecule is C[C@H]1CC[C@@H](c2ccc(F)cc2)N1C(=O)CN1C(=O)O[C@@]2(CCc3cc(N)ccc32)C1=O. The van der Waals surface area contributed by atoms with Gasteiger partial charge in [-0.05, 0) is 61.6 Å². The Morgan fingerprint density at radius 1 is 1.19 bits per heavy atom. The van der Waals surface area contributed by atoms with Gasteiger partial charge in [0.25, 0.3) is 5.91 Å². The Kier molecular flexibility index (Phi) is 4.69. The summed E-state index contributed by atoms with van der Waals surface area (Å²) in [7, 11) is 0. The molecular weight excluding hydrogens is 413 g/mol. The van der Waals surface area contributed by atoms with E-state index >= 15 is 0 Å². The monoisotopic (exact) mass is 437 g/mol. The first-order valence-corrected chi connectivity index (χ1v) is 10.8. The van der Waals surface area contributed by atoms with E-state index in [4.69, 9.17) is 10.5 Å². The van der Waals surface area contributed by atoms with E-state index in [1.54, 1.807) is 35.2 Å². The summed E-state index contributed by atoms with van der Waals surface area (Å²) >= 11 is 0. The molecule has 0 radical (unpaired) electrons. The van der Waals surface area contributed by atoms with E-state index in [0.29, 0.717) is 24.1 Å². The van der Waals surface area contributed by atoms with E-state index < -0.39 is 17.6 Å². The maximum atomic E-state index is 13.4. The van der Waals surface area contributed by atoms with Gasteiger partial charge in [-0.3, -0.25) is 9.59 Å². The van der Waals surface area contributed by atoms with Crippen molar-refractivity contribution in [1.29, 1.82) is 0 Å². The number of carbonyl (C=O) groups excluding carboxylic acids is 3. The number of amides is 3. The third-order valence-corrected chi connectivity index (χ3v) is 6.89. The Morgan fingerprint density at radius 2 is 1.94 bits per heavy atom. The highest BCUT2D eigenvalue weighted by Crippen LogP contribution is 2.46. The fourth-order valence-corrected chi connectivity index (χ4v) is 5.31. The molecule has 2 heterocycles. The second kappa shape index (κ2) is 7.32. The molecule has 8 heteroatoms. The first-order valence-electron chi connectivity index (χ1n) is 10.8. The minimum Gasteiger partial charge on any atom is -0.427 e. The van der Waals surface area contributed by atoms with Crippen LogP contribution in [0.1, 0.15) is 48.9 Å². The van der Waals surface area contributed by atoms with Crippen molar-refractivity contribution in [2.45, 2.75) is 50.3 Å². The van der Waals surface area contributed by atoms with Crippen molar-refractivity contribution in [1.82, 2.24) is 9.80 Å². The summed E-state index contributed by atoms with van der Waals surface area (Å²) < 4.78 is 19.0. The largest absolute Gasteiger partial charge is 0.427 e. The summed E-state index contributed by atoms with van der Waals surface area (Å²) in [4.78, 5) is 41.9. The highest BCUT2D eigenvalue weighted by Gasteiger charge is 2.58. The van der Waals surface area contributed by atoms with Crippen LogP contribution in [-0.2, 0) is 26.3 Å². The van der Waals surface area contributed by atoms with Gasteiger partial charge in [-0.25, -0.2) is 14.1 Å². The number of carbonyl (C=O) groups is 3. The number of hydrogen-bond acceptors (Lipinski definition) is 5. The van der Waals surface area contributed by atoms with Gasteiger partial charge in [0.2, 0.25) is 11.5 Å². The zero-order valence-electron chi connectivity index (χ0n) is 17.7. The number of imide groups is 1. The lowest BCUT2D eigenvalue weighted by atomic mass is 9.94. The van der Waals surface area contributed by atoms with Gasteiger partial charge in [0.05, 0.1) is 6.04 Å². The van der Waals surface area contributed by atoms with Crippen molar-refractivity contribution in [2.75, 3.05) is 12.3 Å². The lowest BCUT2D eigenvalue weighted by Gasteiger charge is -2.30. The number of aryl methyl sites for hydroxylation is 1. The number of anilines is 1. The molecule has 7 nitrogen and oxygen atoms in total. The second-order valence-electron chi connectivity index (χ2n) is 8.80. The van der Waals surface area contributed by atoms with Crippen molar-refractivity contribution < 1.29 is 23.5 Å². The number of ether oxygens (including phenoxy) is 1. The zero-order chi connectivity index (χ0) is 22.6. The van der Waals surface area contributed by atoms with Gasteiger partial charge in [-0.2, -0.15) is 0 Å². The summed E-state index contributed by atoms with van der Waals surface area (Å²) in [6, 6.07) is 11.0. The zero-order valence-corrected chi connectivity index (χ0v) is 17.7. The highest BCUT2D eigenvalue weighted by atomic mass is 19.1. The molecule has 32 heavy (non-hydrogen) atoms. The number of benzene rings is 2. The van der Waals surface area contributed by atoms with Crippen molar-refractivity contribution >= 4 is 23.6 Å². The minimum absolute atomic E-state index is 0.0598. The number of likely N-dealkylation sites (tertiary alicyclic amines) is 1. The Bertz CT molecular complexity index is 1120. The lowest BCUT2D eigenvalue weighted by Crippen LogP contribution is -2.46. The van der Waals surface area contributed by atoms with Crippen LogP contribution in [0.15, 0.2) is 42.5 Å². The normalized spacial score (nSPS) is 26.7. The van der Waals surface area contributed by atoms with E-state index in [-0.39, 0.29) is 30.4 Å². The molecule has 0 unspecified atom stereocenters. The molecule has 2 aliphatic heterocycles. The van der Waals surface area contributed by atoms with Crippen LogP contribution < -0.4 is 5.73 Å². The van der Waals surface area contributed by atoms with Crippen molar-refractivity contribution in [2.24, 2.45) is 0 Å². The van der Waals surface area contributed by atoms with Crippen LogP contribution in [-0.4, -0.2) is 40.3 Å². The predicted octanol–water partition coefficient (Wildman–Crippen LogP) is 3.28. The van der Waals surface area contributed by atoms with Gasteiger partial charge in [-0.15, -0.1) is 0 Å². The summed E-state index contributed by atoms with van der Waals surface area (Å²) in [5.41, 5.74) is 7.40. The molecule has 2 aromatic carbocycles. The molecule has 1 spiro atoms. The van der Waals surface area contributed by atoms with Crippen LogP contribution >= 0.6 is 0 Å². The van der Waals surface area contributed by atoms with Gasteiger partial charge in [-0.1, -0.05) is 18.2 Å². The molecule has 2 fully saturated rings. The first kappa shape index (κ1) is 20.5. The minimum atomic E-state index is -1.38. The average molecular weight is 437 g/mol. The van der Waals surface area contributed by atoms with Crippen LogP contribution in [0.2, 0.25) is 0 Å². The van der Waals surface area contributed by atoms with E-state index in [1.165, 1.54) is 12.1 Å². The third-order valence-electron chi connectivity index (χ3n) is 6.89. The smallest absolute Gasteiger partial charge is 0.418 e. The van der Waals surface area contributed by atoms with Crippen molar-refractivity contribution in [3.8, 4) is 0 Å². The standard InChI is InChI=1S/C24H24FN3O4/c1-14-2-9-20(15-3-5-17(25)6-4-15)28(14)21(29)13-27-22(30)24(32-23(27)31)11-10-16-12-18(26)7-8-19(16)24/h3-8,12,14,20H,2,9-11,13,26H2,1H3/t14-,20-,24+/m0/s1. The van der Waals surface area contributed by atoms with Gasteiger partial charge in [0.1, 0.15) is 12.4 Å². The molecule has 3 atom stereocenters. The Balaban J connectivity index is 1.38. The van der Waals surface area contributed by atoms with E-state index in [9.17, 15) is 18.8 Å². The molecule has 3 aliphatic rings. The number of hydrogen-bond donors (Lipinski definition) is 1. The lowest BCUT2D eigenvalue weighted by molar-refractivity contribution is -0.143. The molecular formula is C24H24FN3O4. The van der Waals surface area contributed by atoms with Gasteiger partial charge in [0, 0.05) is 23.7 Å². The molecule has 2 N–H and O–H groups in total. The molecule has 5 rings (SSSR count). The molecule has 0 aromatic heterocycles. The Morgan fingerprint density at radius 3 is 2.69 bits per heavy atom. The first-order chi connectivity index (χ1) is 15.3. The number of rotatable bonds is 3. The van der Waals surface area contributed by atoms with Crippen LogP contribution in [0, 0.1) is 5.82 Å². The fourth-order valence-electron chi connectivity index (χ4n) is 5.31. The van der Waals surface area contributed by atoms with Gasteiger partial charge in [0.15, 0.2) is 0 Å². The number of fused-ring (bicyclic) bond motifs is 2. The van der Waals surface area contributed by atoms with E-state index in [1.807, 2.05) is 6.92 Å². The molecule has 3 amide bonds. The number of nitrogens with two attached hydrogens (primary N) is 1. The fraction of sp³-hybridized carbons (Fsp3) is 0.375. The van der Waals surface area contributed by atoms with Gasteiger partial charge < -0.3 is 15.4 Å². The van der Waals surface area contributed by atoms with E-state index in [0.717, 1.165) is 28.9 Å². The van der Waals surface area contributed by atoms with Crippen molar-refractivity contribution in [3.05, 3.63) is 65.0 Å². The van der Waals surface area contributed by atoms with Crippen LogP contribution in [0.3, 0.4) is 0 Å². The molecule has 1 aliphatic carbocycles. The van der Waals surface area contributed by atoms with Crippen LogP contribution in [0.25, 0.3) is 0 Å². The summed E-state index contributed by atoms with van der Waals surface area (Å²) in [5.74, 6) is -1.18. The summed E-state index contributed by atoms with van der Waals surface area (Å²) in [5, 5.41) is 0. The molecule has 2 aromatic rings. The molecule has 0 bridgehead atoms. The molecule has 166 valence electrons. The topological polar surface area (TPSA) is 92.9 Å². The van der Waals surface area contributed by atoms with Crippen LogP contribution in [0.5, 0.6) is 0 Å². The summed E-state index contributed by atoms with van der Waals surface area (Å²) in [6.07, 6.45) is 1.61. The number of nitrogen functional groups attached to an aromatic ring is 1. The van der Waals surface area contributed by atoms with E-state index in [2.05, 4.69) is 0 Å². The maximum absolute atomic E-state index is 13.4. The Labute approximate surface area is 184 Å². The second-order valence-corrected chi connectivity index (χ2v) is 8.80. The number of halogens is 1. The Hall–Kier alpha value is -3.42. The quantitative estimate of drug-likeness (QED) is 0.744. The molecule has 0 saturated carbocycles. The predicted molar refractivity (Wildman–Crippen MR) is 114 cm³/mol.